The summed E-state index contributed by atoms with van der Waals surface area (Å²) in [5.74, 6) is -0.835. The zero-order valence-electron chi connectivity index (χ0n) is 30.5. The van der Waals surface area contributed by atoms with Crippen molar-refractivity contribution in [3.8, 4) is 5.75 Å². The zero-order chi connectivity index (χ0) is 36.5. The largest absolute Gasteiger partial charge is 0.495 e. The normalized spacial score (nSPS) is 14.0. The van der Waals surface area contributed by atoms with Crippen molar-refractivity contribution in [2.24, 2.45) is 4.99 Å². The van der Waals surface area contributed by atoms with Crippen molar-refractivity contribution >= 4 is 39.1 Å². The lowest BCUT2D eigenvalue weighted by Gasteiger charge is -2.33. The molecule has 0 aliphatic carbocycles. The number of hydrogen-bond acceptors (Lipinski definition) is 8. The third-order valence-electron chi connectivity index (χ3n) is 9.28. The van der Waals surface area contributed by atoms with Crippen LogP contribution in [-0.2, 0) is 19.6 Å². The number of ether oxygens (including phenoxy) is 2. The molecule has 51 heavy (non-hydrogen) atoms. The quantitative estimate of drug-likeness (QED) is 0.0764. The van der Waals surface area contributed by atoms with Crippen LogP contribution in [0.1, 0.15) is 126 Å². The number of aliphatic imine (C=N–C) groups is 1. The number of hydrogen-bond donors (Lipinski definition) is 1. The molecule has 12 heteroatoms. The Hall–Kier alpha value is -4.19. The van der Waals surface area contributed by atoms with E-state index in [0.29, 0.717) is 17.9 Å². The highest BCUT2D eigenvalue weighted by Gasteiger charge is 2.41. The molecule has 2 heterocycles. The summed E-state index contributed by atoms with van der Waals surface area (Å²) in [6, 6.07) is 12.1. The van der Waals surface area contributed by atoms with Gasteiger partial charge in [0.1, 0.15) is 10.6 Å². The predicted octanol–water partition coefficient (Wildman–Crippen LogP) is 8.85. The van der Waals surface area contributed by atoms with Crippen molar-refractivity contribution in [1.29, 1.82) is 0 Å². The second kappa shape index (κ2) is 20.6. The van der Waals surface area contributed by atoms with Crippen LogP contribution in [0.3, 0.4) is 0 Å². The molecule has 0 bridgehead atoms. The van der Waals surface area contributed by atoms with Crippen LogP contribution in [0.4, 0.5) is 11.4 Å². The summed E-state index contributed by atoms with van der Waals surface area (Å²) in [5.41, 5.74) is 0.724. The summed E-state index contributed by atoms with van der Waals surface area (Å²) in [7, 11) is -1.33. The molecule has 11 nitrogen and oxygen atoms in total. The number of anilines is 1. The molecule has 1 aromatic heterocycles. The number of methoxy groups -OCH3 is 2. The molecule has 2 aromatic carbocycles. The van der Waals surface area contributed by atoms with Crippen LogP contribution in [0, 0.1) is 0 Å². The van der Waals surface area contributed by atoms with Crippen molar-refractivity contribution in [2.45, 2.75) is 121 Å². The number of aromatic nitrogens is 2. The lowest BCUT2D eigenvalue weighted by molar-refractivity contribution is -0.117. The number of nitrogens with one attached hydrogen (secondary N) is 1. The molecule has 1 aliphatic rings. The maximum atomic E-state index is 14.2. The van der Waals surface area contributed by atoms with Crippen molar-refractivity contribution in [2.75, 3.05) is 26.1 Å². The van der Waals surface area contributed by atoms with Crippen molar-refractivity contribution < 1.29 is 27.5 Å². The Kier molecular flexibility index (Phi) is 16.0. The van der Waals surface area contributed by atoms with Crippen LogP contribution < -0.4 is 10.1 Å². The Morgan fingerprint density at radius 3 is 1.96 bits per heavy atom. The molecule has 1 unspecified atom stereocenters. The minimum Gasteiger partial charge on any atom is -0.495 e. The number of amides is 1. The topological polar surface area (TPSA) is 132 Å². The Labute approximate surface area is 303 Å². The van der Waals surface area contributed by atoms with Crippen molar-refractivity contribution in [3.05, 3.63) is 66.5 Å². The van der Waals surface area contributed by atoms with Crippen molar-refractivity contribution in [3.63, 3.8) is 0 Å². The van der Waals surface area contributed by atoms with Gasteiger partial charge in [-0.15, -0.1) is 0 Å². The van der Waals surface area contributed by atoms with Crippen LogP contribution in [0.25, 0.3) is 0 Å². The molecule has 1 aliphatic heterocycles. The second-order valence-electron chi connectivity index (χ2n) is 13.1. The maximum Gasteiger partial charge on any atom is 0.341 e. The van der Waals surface area contributed by atoms with Gasteiger partial charge in [-0.1, -0.05) is 128 Å². The first kappa shape index (κ1) is 39.6. The third kappa shape index (κ3) is 11.1. The van der Waals surface area contributed by atoms with E-state index in [9.17, 15) is 18.0 Å². The van der Waals surface area contributed by atoms with E-state index in [1.165, 1.54) is 119 Å². The predicted molar refractivity (Wildman–Crippen MR) is 201 cm³/mol. The average molecular weight is 722 g/mol. The van der Waals surface area contributed by atoms with Gasteiger partial charge in [0, 0.05) is 12.7 Å². The molecule has 3 aromatic rings. The Morgan fingerprint density at radius 1 is 0.784 bits per heavy atom. The molecule has 1 atom stereocenters. The van der Waals surface area contributed by atoms with Gasteiger partial charge < -0.3 is 14.8 Å². The van der Waals surface area contributed by atoms with Crippen LogP contribution in [0.15, 0.2) is 70.8 Å². The Morgan fingerprint density at radius 2 is 1.35 bits per heavy atom. The molecular formula is C39H55N5O6S. The van der Waals surface area contributed by atoms with E-state index < -0.39 is 27.9 Å². The second-order valence-corrected chi connectivity index (χ2v) is 14.9. The average Bonchev–Trinajstić information content (AvgIpc) is 3.62. The minimum atomic E-state index is -4.07. The van der Waals surface area contributed by atoms with Gasteiger partial charge in [0.15, 0.2) is 11.9 Å². The van der Waals surface area contributed by atoms with E-state index in [4.69, 9.17) is 14.5 Å². The third-order valence-corrected chi connectivity index (χ3v) is 11.1. The highest BCUT2D eigenvalue weighted by molar-refractivity contribution is 7.90. The number of benzene rings is 2. The van der Waals surface area contributed by atoms with Crippen LogP contribution in [0.2, 0.25) is 0 Å². The number of carbonyl (C=O) groups is 2. The molecule has 4 rings (SSSR count). The lowest BCUT2D eigenvalue weighted by atomic mass is 10.0. The summed E-state index contributed by atoms with van der Waals surface area (Å²) in [6.45, 7) is 2.39. The minimum absolute atomic E-state index is 0.0124. The van der Waals surface area contributed by atoms with E-state index in [2.05, 4.69) is 17.3 Å². The van der Waals surface area contributed by atoms with Gasteiger partial charge >= 0.3 is 5.97 Å². The Bertz CT molecular complexity index is 1690. The number of amidine groups is 1. The van der Waals surface area contributed by atoms with E-state index in [1.807, 2.05) is 0 Å². The molecule has 0 saturated carbocycles. The highest BCUT2D eigenvalue weighted by atomic mass is 32.2. The molecule has 0 radical (unpaired) electrons. The molecule has 1 N–H and O–H groups in total. The molecular weight excluding hydrogens is 667 g/mol. The molecule has 1 amide bonds. The first-order valence-electron chi connectivity index (χ1n) is 18.6. The number of unbranched alkanes of at least 4 members (excludes halogenated alkanes) is 15. The summed E-state index contributed by atoms with van der Waals surface area (Å²) < 4.78 is 41.1. The molecule has 278 valence electrons. The highest BCUT2D eigenvalue weighted by Crippen LogP contribution is 2.36. The monoisotopic (exact) mass is 721 g/mol. The number of esters is 1. The van der Waals surface area contributed by atoms with Crippen LogP contribution in [-0.4, -0.2) is 61.0 Å². The number of nitrogens with zero attached hydrogens (tertiary/aromatic N) is 4. The van der Waals surface area contributed by atoms with Crippen LogP contribution >= 0.6 is 0 Å². The van der Waals surface area contributed by atoms with Crippen molar-refractivity contribution in [1.82, 2.24) is 14.1 Å². The summed E-state index contributed by atoms with van der Waals surface area (Å²) in [5, 5.41) is 7.17. The fraction of sp³-hybridized carbons (Fsp3) is 0.538. The van der Waals surface area contributed by atoms with Gasteiger partial charge in [0.05, 0.1) is 37.4 Å². The number of fused-ring (bicyclic) bond motifs is 1. The molecule has 0 spiro atoms. The standard InChI is InChI=1S/C39H55N5O6S/c1-4-5-6-7-8-9-10-11-12-13-14-15-16-17-18-23-28-44-37(41-33-25-20-22-27-35(33)51(44,47)48)36(43-30-31(29-40-43)39(46)50-3)38(45)42-32-24-19-21-26-34(32)49-2/h19-22,24-27,29-30,36H,4-18,23,28H2,1-3H3,(H,42,45). The SMILES string of the molecule is CCCCCCCCCCCCCCCCCCN1C(C(C(=O)Nc2ccccc2OC)n2cc(C(=O)OC)cn2)=Nc2ccccc2S1(=O)=O. The first-order chi connectivity index (χ1) is 24.8. The van der Waals surface area contributed by atoms with E-state index >= 15 is 0 Å². The fourth-order valence-corrected chi connectivity index (χ4v) is 8.05. The number of rotatable bonds is 23. The molecule has 0 fully saturated rings. The Balaban J connectivity index is 1.43. The number of sulfonamides is 1. The summed E-state index contributed by atoms with van der Waals surface area (Å²) >= 11 is 0. The smallest absolute Gasteiger partial charge is 0.341 e. The van der Waals surface area contributed by atoms with Gasteiger partial charge in [0.25, 0.3) is 15.9 Å². The summed E-state index contributed by atoms with van der Waals surface area (Å²) in [4.78, 5) is 31.4. The maximum absolute atomic E-state index is 14.2. The van der Waals surface area contributed by atoms with Gasteiger partial charge in [-0.05, 0) is 30.7 Å². The lowest BCUT2D eigenvalue weighted by Crippen LogP contribution is -2.47. The van der Waals surface area contributed by atoms with E-state index in [0.717, 1.165) is 19.3 Å². The van der Waals surface area contributed by atoms with E-state index in [1.54, 1.807) is 42.5 Å². The molecule has 0 saturated heterocycles. The van der Waals surface area contributed by atoms with Crippen LogP contribution in [0.5, 0.6) is 5.75 Å². The van der Waals surface area contributed by atoms with Gasteiger partial charge in [0.2, 0.25) is 0 Å². The number of carbonyl (C=O) groups excluding carboxylic acids is 2. The zero-order valence-corrected chi connectivity index (χ0v) is 31.3. The fourth-order valence-electron chi connectivity index (χ4n) is 6.43. The van der Waals surface area contributed by atoms with E-state index in [-0.39, 0.29) is 28.5 Å². The first-order valence-corrected chi connectivity index (χ1v) is 20.0. The van der Waals surface area contributed by atoms with Gasteiger partial charge in [-0.2, -0.15) is 5.10 Å². The van der Waals surface area contributed by atoms with Gasteiger partial charge in [-0.3, -0.25) is 13.8 Å². The number of para-hydroxylation sites is 3. The summed E-state index contributed by atoms with van der Waals surface area (Å²) in [6.07, 6.45) is 21.9. The van der Waals surface area contributed by atoms with Gasteiger partial charge in [-0.25, -0.2) is 18.2 Å².